The van der Waals surface area contributed by atoms with E-state index in [0.717, 1.165) is 39.5 Å². The second kappa shape index (κ2) is 11.4. The van der Waals surface area contributed by atoms with Crippen molar-refractivity contribution in [2.24, 2.45) is 0 Å². The smallest absolute Gasteiger partial charge is 0.383 e. The van der Waals surface area contributed by atoms with Crippen molar-refractivity contribution in [1.29, 1.82) is 0 Å². The van der Waals surface area contributed by atoms with Crippen LogP contribution in [-0.2, 0) is 21.1 Å². The van der Waals surface area contributed by atoms with Crippen LogP contribution >= 0.6 is 0 Å². The van der Waals surface area contributed by atoms with Crippen LogP contribution in [0.2, 0.25) is 0 Å². The van der Waals surface area contributed by atoms with E-state index in [0.29, 0.717) is 5.82 Å². The molecule has 38 heavy (non-hydrogen) atoms. The third-order valence-electron chi connectivity index (χ3n) is 5.95. The molecule has 0 radical (unpaired) electrons. The number of anilines is 1. The molecule has 3 aromatic rings. The maximum atomic E-state index is 13.2. The zero-order chi connectivity index (χ0) is 28.3. The van der Waals surface area contributed by atoms with E-state index in [1.165, 1.54) is 19.2 Å². The molecule has 204 valence electrons. The van der Waals surface area contributed by atoms with Gasteiger partial charge in [0.2, 0.25) is 5.91 Å². The minimum absolute atomic E-state index is 0.0164. The topological polar surface area (TPSA) is 76.5 Å². The fourth-order valence-corrected chi connectivity index (χ4v) is 3.88. The summed E-state index contributed by atoms with van der Waals surface area (Å²) >= 11 is 0. The number of methoxy groups -OCH3 is 1. The van der Waals surface area contributed by atoms with E-state index in [4.69, 9.17) is 9.84 Å². The van der Waals surface area contributed by atoms with Gasteiger partial charge in [0.05, 0.1) is 23.6 Å². The number of rotatable bonds is 8. The molecule has 10 heteroatoms. The summed E-state index contributed by atoms with van der Waals surface area (Å²) in [6, 6.07) is 11.8. The Hall–Kier alpha value is -3.66. The van der Waals surface area contributed by atoms with E-state index < -0.39 is 23.6 Å². The van der Waals surface area contributed by atoms with Crippen LogP contribution in [0.1, 0.15) is 53.5 Å². The Balaban J connectivity index is 1.90. The van der Waals surface area contributed by atoms with Gasteiger partial charge in [-0.1, -0.05) is 44.5 Å². The number of hydrogen-bond acceptors (Lipinski definition) is 4. The Morgan fingerprint density at radius 2 is 1.76 bits per heavy atom. The zero-order valence-corrected chi connectivity index (χ0v) is 22.4. The number of nitrogens with one attached hydrogen (secondary N) is 1. The van der Waals surface area contributed by atoms with Crippen molar-refractivity contribution in [3.05, 3.63) is 76.5 Å². The molecular weight excluding hydrogens is 497 g/mol. The molecule has 0 bridgehead atoms. The van der Waals surface area contributed by atoms with Gasteiger partial charge < -0.3 is 15.0 Å². The van der Waals surface area contributed by atoms with Gasteiger partial charge in [0.15, 0.2) is 0 Å². The quantitative estimate of drug-likeness (QED) is 0.415. The molecule has 0 atom stereocenters. The lowest BCUT2D eigenvalue weighted by Crippen LogP contribution is -2.40. The summed E-state index contributed by atoms with van der Waals surface area (Å²) in [6.45, 7) is 9.69. The van der Waals surface area contributed by atoms with Gasteiger partial charge in [-0.25, -0.2) is 4.68 Å². The van der Waals surface area contributed by atoms with Crippen LogP contribution in [0.4, 0.5) is 19.0 Å². The van der Waals surface area contributed by atoms with Crippen LogP contribution in [0.15, 0.2) is 48.5 Å². The minimum Gasteiger partial charge on any atom is -0.383 e. The fraction of sp³-hybridized carbons (Fsp3) is 0.393. The average molecular weight is 531 g/mol. The van der Waals surface area contributed by atoms with Crippen LogP contribution in [0.3, 0.4) is 0 Å². The Morgan fingerprint density at radius 3 is 2.37 bits per heavy atom. The molecule has 0 unspecified atom stereocenters. The van der Waals surface area contributed by atoms with Crippen molar-refractivity contribution in [3.63, 3.8) is 0 Å². The zero-order valence-electron chi connectivity index (χ0n) is 22.4. The first-order valence-corrected chi connectivity index (χ1v) is 12.1. The van der Waals surface area contributed by atoms with Crippen molar-refractivity contribution < 1.29 is 27.5 Å². The molecule has 2 amide bonds. The fourth-order valence-electron chi connectivity index (χ4n) is 3.88. The molecule has 3 rings (SSSR count). The standard InChI is InChI=1S/C28H33F3N4O3/c1-18-10-11-22(19(2)14-18)35-24(16-23(33-35)27(3,4)5)32-25(36)17-34(12-13-38-6)26(37)20-8-7-9-21(15-20)28(29,30)31/h7-11,14-16H,12-13,17H2,1-6H3,(H,32,36). The second-order valence-corrected chi connectivity index (χ2v) is 10.2. The lowest BCUT2D eigenvalue weighted by molar-refractivity contribution is -0.137. The molecule has 0 saturated heterocycles. The number of ether oxygens (including phenoxy) is 1. The summed E-state index contributed by atoms with van der Waals surface area (Å²) in [5.41, 5.74) is 2.19. The van der Waals surface area contributed by atoms with Gasteiger partial charge in [-0.15, -0.1) is 0 Å². The highest BCUT2D eigenvalue weighted by Gasteiger charge is 2.31. The number of aromatic nitrogens is 2. The first-order valence-electron chi connectivity index (χ1n) is 12.1. The number of halogens is 3. The van der Waals surface area contributed by atoms with Gasteiger partial charge in [0, 0.05) is 30.7 Å². The summed E-state index contributed by atoms with van der Waals surface area (Å²) < 4.78 is 46.3. The summed E-state index contributed by atoms with van der Waals surface area (Å²) in [4.78, 5) is 27.4. The Kier molecular flexibility index (Phi) is 8.66. The van der Waals surface area contributed by atoms with Crippen LogP contribution in [0.5, 0.6) is 0 Å². The highest BCUT2D eigenvalue weighted by Crippen LogP contribution is 2.30. The first kappa shape index (κ1) is 28.9. The molecule has 0 saturated carbocycles. The molecule has 2 aromatic carbocycles. The van der Waals surface area contributed by atoms with Crippen molar-refractivity contribution in [1.82, 2.24) is 14.7 Å². The predicted octanol–water partition coefficient (Wildman–Crippen LogP) is 5.53. The van der Waals surface area contributed by atoms with Crippen LogP contribution in [0, 0.1) is 13.8 Å². The summed E-state index contributed by atoms with van der Waals surface area (Å²) in [5, 5.41) is 7.57. The largest absolute Gasteiger partial charge is 0.416 e. The number of alkyl halides is 3. The lowest BCUT2D eigenvalue weighted by atomic mass is 9.92. The van der Waals surface area contributed by atoms with Gasteiger partial charge in [-0.05, 0) is 43.7 Å². The summed E-state index contributed by atoms with van der Waals surface area (Å²) in [5.74, 6) is -0.806. The van der Waals surface area contributed by atoms with Crippen LogP contribution in [-0.4, -0.2) is 53.3 Å². The minimum atomic E-state index is -4.59. The second-order valence-electron chi connectivity index (χ2n) is 10.2. The van der Waals surface area contributed by atoms with E-state index >= 15 is 0 Å². The molecule has 0 aliphatic carbocycles. The molecule has 0 fully saturated rings. The average Bonchev–Trinajstić information content (AvgIpc) is 3.24. The van der Waals surface area contributed by atoms with Gasteiger partial charge in [-0.3, -0.25) is 9.59 Å². The number of nitrogens with zero attached hydrogens (tertiary/aromatic N) is 3. The number of benzene rings is 2. The molecule has 0 aliphatic heterocycles. The number of amides is 2. The maximum absolute atomic E-state index is 13.2. The van der Waals surface area contributed by atoms with E-state index in [1.54, 1.807) is 10.7 Å². The number of hydrogen-bond donors (Lipinski definition) is 1. The van der Waals surface area contributed by atoms with Crippen LogP contribution < -0.4 is 5.32 Å². The predicted molar refractivity (Wildman–Crippen MR) is 140 cm³/mol. The lowest BCUT2D eigenvalue weighted by Gasteiger charge is -2.22. The monoisotopic (exact) mass is 530 g/mol. The van der Waals surface area contributed by atoms with Crippen LogP contribution in [0.25, 0.3) is 5.69 Å². The molecule has 0 spiro atoms. The third kappa shape index (κ3) is 7.00. The molecule has 0 aliphatic rings. The van der Waals surface area contributed by atoms with E-state index in [2.05, 4.69) is 5.32 Å². The molecule has 1 N–H and O–H groups in total. The third-order valence-corrected chi connectivity index (χ3v) is 5.95. The highest BCUT2D eigenvalue weighted by atomic mass is 19.4. The van der Waals surface area contributed by atoms with E-state index in [1.807, 2.05) is 52.8 Å². The van der Waals surface area contributed by atoms with Gasteiger partial charge in [0.25, 0.3) is 5.91 Å². The normalized spacial score (nSPS) is 11.9. The SMILES string of the molecule is COCCN(CC(=O)Nc1cc(C(C)(C)C)nn1-c1ccc(C)cc1C)C(=O)c1cccc(C(F)(F)F)c1. The molecule has 1 heterocycles. The first-order chi connectivity index (χ1) is 17.7. The molecular formula is C28H33F3N4O3. The van der Waals surface area contributed by atoms with E-state index in [-0.39, 0.29) is 30.7 Å². The summed E-state index contributed by atoms with van der Waals surface area (Å²) in [7, 11) is 1.43. The number of carbonyl (C=O) groups is 2. The van der Waals surface area contributed by atoms with Crippen molar-refractivity contribution >= 4 is 17.6 Å². The van der Waals surface area contributed by atoms with Crippen molar-refractivity contribution in [2.45, 2.75) is 46.2 Å². The Bertz CT molecular complexity index is 1310. The molecule has 7 nitrogen and oxygen atoms in total. The van der Waals surface area contributed by atoms with Crippen molar-refractivity contribution in [3.8, 4) is 5.69 Å². The number of aryl methyl sites for hydroxylation is 2. The Labute approximate surface area is 220 Å². The van der Waals surface area contributed by atoms with Gasteiger partial charge >= 0.3 is 6.18 Å². The maximum Gasteiger partial charge on any atom is 0.416 e. The van der Waals surface area contributed by atoms with Gasteiger partial charge in [0.1, 0.15) is 12.4 Å². The highest BCUT2D eigenvalue weighted by molar-refractivity contribution is 5.99. The number of carbonyl (C=O) groups excluding carboxylic acids is 2. The molecule has 1 aromatic heterocycles. The Morgan fingerprint density at radius 1 is 1.05 bits per heavy atom. The van der Waals surface area contributed by atoms with Gasteiger partial charge in [-0.2, -0.15) is 18.3 Å². The summed E-state index contributed by atoms with van der Waals surface area (Å²) in [6.07, 6.45) is -4.59. The van der Waals surface area contributed by atoms with E-state index in [9.17, 15) is 22.8 Å². The van der Waals surface area contributed by atoms with Crippen molar-refractivity contribution in [2.75, 3.05) is 32.1 Å².